The van der Waals surface area contributed by atoms with Crippen LogP contribution in [0.15, 0.2) is 12.1 Å². The Hall–Kier alpha value is -1.56. The van der Waals surface area contributed by atoms with Crippen molar-refractivity contribution in [1.29, 1.82) is 0 Å². The van der Waals surface area contributed by atoms with Gasteiger partial charge in [-0.3, -0.25) is 4.79 Å². The van der Waals surface area contributed by atoms with Crippen molar-refractivity contribution in [1.82, 2.24) is 5.32 Å². The smallest absolute Gasteiger partial charge is 0.246 e. The maximum absolute atomic E-state index is 13.1. The van der Waals surface area contributed by atoms with Gasteiger partial charge in [0.05, 0.1) is 0 Å². The van der Waals surface area contributed by atoms with Crippen LogP contribution in [-0.2, 0) is 16.1 Å². The molecule has 1 N–H and O–H groups in total. The third kappa shape index (κ3) is 3.23. The highest BCUT2D eigenvalue weighted by Gasteiger charge is 2.12. The van der Waals surface area contributed by atoms with Crippen molar-refractivity contribution in [3.05, 3.63) is 35.1 Å². The standard InChI is InChI=1S/C10H10F3NO2/c1-16-5-10(15)14-4-7-8(12)2-6(11)3-9(7)13/h2-3H,4-5H2,1H3,(H,14,15). The van der Waals surface area contributed by atoms with Crippen molar-refractivity contribution in [3.63, 3.8) is 0 Å². The van der Waals surface area contributed by atoms with Gasteiger partial charge in [0.15, 0.2) is 0 Å². The number of amides is 1. The maximum Gasteiger partial charge on any atom is 0.246 e. The van der Waals surface area contributed by atoms with Crippen molar-refractivity contribution in [2.45, 2.75) is 6.54 Å². The maximum atomic E-state index is 13.1. The van der Waals surface area contributed by atoms with Gasteiger partial charge in [0.25, 0.3) is 0 Å². The first kappa shape index (κ1) is 12.5. The average Bonchev–Trinajstić information content (AvgIpc) is 2.16. The van der Waals surface area contributed by atoms with Gasteiger partial charge in [0, 0.05) is 31.4 Å². The molecule has 0 saturated carbocycles. The molecule has 0 radical (unpaired) electrons. The van der Waals surface area contributed by atoms with Gasteiger partial charge in [-0.15, -0.1) is 0 Å². The van der Waals surface area contributed by atoms with Crippen LogP contribution >= 0.6 is 0 Å². The van der Waals surface area contributed by atoms with E-state index in [1.165, 1.54) is 7.11 Å². The molecule has 0 aliphatic carbocycles. The predicted octanol–water partition coefficient (Wildman–Crippen LogP) is 1.37. The Balaban J connectivity index is 2.70. The number of halogens is 3. The number of methoxy groups -OCH3 is 1. The third-order valence-electron chi connectivity index (χ3n) is 1.84. The molecule has 1 aromatic rings. The minimum absolute atomic E-state index is 0.204. The summed E-state index contributed by atoms with van der Waals surface area (Å²) >= 11 is 0. The molecular weight excluding hydrogens is 223 g/mol. The first-order chi connectivity index (χ1) is 7.54. The molecule has 0 atom stereocenters. The fraction of sp³-hybridized carbons (Fsp3) is 0.300. The zero-order valence-corrected chi connectivity index (χ0v) is 8.52. The Labute approximate surface area is 90.2 Å². The summed E-state index contributed by atoms with van der Waals surface area (Å²) in [4.78, 5) is 11.0. The zero-order valence-electron chi connectivity index (χ0n) is 8.52. The van der Waals surface area contributed by atoms with E-state index in [4.69, 9.17) is 0 Å². The lowest BCUT2D eigenvalue weighted by Crippen LogP contribution is -2.27. The van der Waals surface area contributed by atoms with Gasteiger partial charge in [-0.25, -0.2) is 13.2 Å². The highest BCUT2D eigenvalue weighted by atomic mass is 19.1. The Bertz CT molecular complexity index is 373. The molecule has 0 aromatic heterocycles. The van der Waals surface area contributed by atoms with Gasteiger partial charge in [-0.2, -0.15) is 0 Å². The molecule has 1 aromatic carbocycles. The van der Waals surface area contributed by atoms with E-state index >= 15 is 0 Å². The van der Waals surface area contributed by atoms with Gasteiger partial charge >= 0.3 is 0 Å². The van der Waals surface area contributed by atoms with Gasteiger partial charge in [0.1, 0.15) is 24.1 Å². The first-order valence-corrected chi connectivity index (χ1v) is 4.43. The van der Waals surface area contributed by atoms with Crippen LogP contribution in [0.4, 0.5) is 13.2 Å². The molecule has 0 aliphatic heterocycles. The first-order valence-electron chi connectivity index (χ1n) is 4.43. The number of rotatable bonds is 4. The summed E-state index contributed by atoms with van der Waals surface area (Å²) in [6.07, 6.45) is 0. The molecule has 0 aliphatic rings. The number of carbonyl (C=O) groups excluding carboxylic acids is 1. The minimum Gasteiger partial charge on any atom is -0.375 e. The van der Waals surface area contributed by atoms with Gasteiger partial charge in [-0.05, 0) is 0 Å². The number of carbonyl (C=O) groups is 1. The van der Waals surface area contributed by atoms with E-state index in [0.717, 1.165) is 0 Å². The fourth-order valence-corrected chi connectivity index (χ4v) is 1.11. The Kier molecular flexibility index (Phi) is 4.30. The summed E-state index contributed by atoms with van der Waals surface area (Å²) < 4.78 is 43.2. The third-order valence-corrected chi connectivity index (χ3v) is 1.84. The summed E-state index contributed by atoms with van der Waals surface area (Å²) in [7, 11) is 1.32. The second-order valence-corrected chi connectivity index (χ2v) is 3.06. The normalized spacial score (nSPS) is 10.2. The molecule has 0 saturated heterocycles. The van der Waals surface area contributed by atoms with E-state index in [2.05, 4.69) is 10.1 Å². The summed E-state index contributed by atoms with van der Waals surface area (Å²) in [5.74, 6) is -3.57. The van der Waals surface area contributed by atoms with Crippen LogP contribution in [-0.4, -0.2) is 19.6 Å². The number of hydrogen-bond acceptors (Lipinski definition) is 2. The van der Waals surface area contributed by atoms with Crippen molar-refractivity contribution in [2.75, 3.05) is 13.7 Å². The van der Waals surface area contributed by atoms with Crippen molar-refractivity contribution >= 4 is 5.91 Å². The van der Waals surface area contributed by atoms with Crippen molar-refractivity contribution in [2.24, 2.45) is 0 Å². The summed E-state index contributed by atoms with van der Waals surface area (Å²) in [6, 6.07) is 1.11. The molecule has 6 heteroatoms. The molecule has 16 heavy (non-hydrogen) atoms. The van der Waals surface area contributed by atoms with E-state index in [1.807, 2.05) is 0 Å². The molecule has 1 amide bonds. The van der Waals surface area contributed by atoms with Crippen LogP contribution in [0.1, 0.15) is 5.56 Å². The lowest BCUT2D eigenvalue weighted by atomic mass is 10.2. The predicted molar refractivity (Wildman–Crippen MR) is 50.0 cm³/mol. The van der Waals surface area contributed by atoms with Crippen LogP contribution in [0.5, 0.6) is 0 Å². The summed E-state index contributed by atoms with van der Waals surface area (Å²) in [5, 5.41) is 2.23. The zero-order chi connectivity index (χ0) is 12.1. The Morgan fingerprint density at radius 1 is 1.31 bits per heavy atom. The highest BCUT2D eigenvalue weighted by molar-refractivity contribution is 5.77. The number of benzene rings is 1. The number of hydrogen-bond donors (Lipinski definition) is 1. The largest absolute Gasteiger partial charge is 0.375 e. The molecular formula is C10H10F3NO2. The SMILES string of the molecule is COCC(=O)NCc1c(F)cc(F)cc1F. The highest BCUT2D eigenvalue weighted by Crippen LogP contribution is 2.14. The molecule has 0 spiro atoms. The summed E-state index contributed by atoms with van der Waals surface area (Å²) in [6.45, 7) is -0.551. The van der Waals surface area contributed by atoms with Crippen LogP contribution < -0.4 is 5.32 Å². The van der Waals surface area contributed by atoms with E-state index in [9.17, 15) is 18.0 Å². The van der Waals surface area contributed by atoms with Crippen LogP contribution in [0.3, 0.4) is 0 Å². The molecule has 0 unspecified atom stereocenters. The van der Waals surface area contributed by atoms with E-state index < -0.39 is 23.4 Å². The molecule has 0 bridgehead atoms. The second-order valence-electron chi connectivity index (χ2n) is 3.06. The van der Waals surface area contributed by atoms with E-state index in [-0.39, 0.29) is 18.7 Å². The van der Waals surface area contributed by atoms with Crippen molar-refractivity contribution < 1.29 is 22.7 Å². The Morgan fingerprint density at radius 2 is 1.88 bits per heavy atom. The minimum atomic E-state index is -1.03. The number of nitrogens with one attached hydrogen (secondary N) is 1. The van der Waals surface area contributed by atoms with Crippen molar-refractivity contribution in [3.8, 4) is 0 Å². The van der Waals surface area contributed by atoms with E-state index in [1.54, 1.807) is 0 Å². The van der Waals surface area contributed by atoms with Gasteiger partial charge in [0.2, 0.25) is 5.91 Å². The molecule has 0 heterocycles. The van der Waals surface area contributed by atoms with Gasteiger partial charge < -0.3 is 10.1 Å². The second kappa shape index (κ2) is 5.50. The molecule has 0 fully saturated rings. The lowest BCUT2D eigenvalue weighted by Gasteiger charge is -2.07. The van der Waals surface area contributed by atoms with Gasteiger partial charge in [-0.1, -0.05) is 0 Å². The average molecular weight is 233 g/mol. The summed E-state index contributed by atoms with van der Waals surface area (Å²) in [5.41, 5.74) is -0.383. The quantitative estimate of drug-likeness (QED) is 0.852. The monoisotopic (exact) mass is 233 g/mol. The Morgan fingerprint density at radius 3 is 2.38 bits per heavy atom. The van der Waals surface area contributed by atoms with E-state index in [0.29, 0.717) is 12.1 Å². The van der Waals surface area contributed by atoms with Crippen LogP contribution in [0.25, 0.3) is 0 Å². The topological polar surface area (TPSA) is 38.3 Å². The number of ether oxygens (including phenoxy) is 1. The molecule has 1 rings (SSSR count). The fourth-order valence-electron chi connectivity index (χ4n) is 1.11. The van der Waals surface area contributed by atoms with Crippen LogP contribution in [0.2, 0.25) is 0 Å². The molecule has 88 valence electrons. The molecule has 3 nitrogen and oxygen atoms in total. The lowest BCUT2D eigenvalue weighted by molar-refractivity contribution is -0.124. The van der Waals surface area contributed by atoms with Crippen LogP contribution in [0, 0.1) is 17.5 Å².